The number of rotatable bonds is 2. The van der Waals surface area contributed by atoms with E-state index < -0.39 is 0 Å². The molecule has 0 aliphatic heterocycles. The number of benzene rings is 4. The number of fused-ring (bicyclic) bond motifs is 2. The van der Waals surface area contributed by atoms with E-state index in [-0.39, 0.29) is 0 Å². The zero-order valence-corrected chi connectivity index (χ0v) is 15.8. The summed E-state index contributed by atoms with van der Waals surface area (Å²) in [5.74, 6) is 0. The highest BCUT2D eigenvalue weighted by Crippen LogP contribution is 2.25. The standard InChI is InChI=1S/C21H16.2C2H6/c1-3-13-20-16(7-1)9-5-11-18(20)15-19-12-6-10-17-8-2-4-14-21(17)19;2*1-2/h1-14H,15H2;2*1-2H3. The van der Waals surface area contributed by atoms with Crippen molar-refractivity contribution in [2.45, 2.75) is 34.1 Å². The van der Waals surface area contributed by atoms with Crippen molar-refractivity contribution in [1.82, 2.24) is 0 Å². The zero-order chi connectivity index (χ0) is 18.1. The van der Waals surface area contributed by atoms with Gasteiger partial charge in [0.25, 0.3) is 0 Å². The van der Waals surface area contributed by atoms with E-state index in [1.54, 1.807) is 0 Å². The van der Waals surface area contributed by atoms with Crippen LogP contribution in [-0.2, 0) is 6.42 Å². The Kier molecular flexibility index (Phi) is 7.22. The molecule has 0 fully saturated rings. The highest BCUT2D eigenvalue weighted by molar-refractivity contribution is 5.89. The molecule has 0 bridgehead atoms. The predicted octanol–water partition coefficient (Wildman–Crippen LogP) is 7.64. The minimum atomic E-state index is 0.975. The smallest absolute Gasteiger partial charge is 0.00135 e. The van der Waals surface area contributed by atoms with Crippen molar-refractivity contribution in [1.29, 1.82) is 0 Å². The topological polar surface area (TPSA) is 0 Å². The van der Waals surface area contributed by atoms with Gasteiger partial charge in [-0.25, -0.2) is 0 Å². The summed E-state index contributed by atoms with van der Waals surface area (Å²) < 4.78 is 0. The van der Waals surface area contributed by atoms with Gasteiger partial charge in [-0.1, -0.05) is 113 Å². The molecule has 0 saturated heterocycles. The molecule has 0 heteroatoms. The van der Waals surface area contributed by atoms with Gasteiger partial charge in [-0.2, -0.15) is 0 Å². The van der Waals surface area contributed by atoms with Gasteiger partial charge in [-0.05, 0) is 39.1 Å². The van der Waals surface area contributed by atoms with Crippen LogP contribution < -0.4 is 0 Å². The summed E-state index contributed by atoms with van der Waals surface area (Å²) >= 11 is 0. The first-order chi connectivity index (χ1) is 12.4. The average Bonchev–Trinajstić information content (AvgIpc) is 2.72. The quantitative estimate of drug-likeness (QED) is 0.355. The number of hydrogen-bond acceptors (Lipinski definition) is 0. The van der Waals surface area contributed by atoms with E-state index in [9.17, 15) is 0 Å². The van der Waals surface area contributed by atoms with Crippen LogP contribution in [-0.4, -0.2) is 0 Å². The molecule has 0 heterocycles. The predicted molar refractivity (Wildman–Crippen MR) is 113 cm³/mol. The van der Waals surface area contributed by atoms with E-state index in [1.807, 2.05) is 27.7 Å². The van der Waals surface area contributed by atoms with Crippen LogP contribution in [0.5, 0.6) is 0 Å². The highest BCUT2D eigenvalue weighted by Gasteiger charge is 2.04. The van der Waals surface area contributed by atoms with Gasteiger partial charge in [-0.3, -0.25) is 0 Å². The maximum Gasteiger partial charge on any atom is -0.00135 e. The van der Waals surface area contributed by atoms with Crippen molar-refractivity contribution in [3.8, 4) is 0 Å². The number of hydrogen-bond donors (Lipinski definition) is 0. The van der Waals surface area contributed by atoms with Crippen LogP contribution in [0.1, 0.15) is 38.8 Å². The Hall–Kier alpha value is -2.60. The summed E-state index contributed by atoms with van der Waals surface area (Å²) in [5.41, 5.74) is 2.79. The van der Waals surface area contributed by atoms with Gasteiger partial charge < -0.3 is 0 Å². The molecule has 0 N–H and O–H groups in total. The second-order valence-corrected chi connectivity index (χ2v) is 5.45. The third kappa shape index (κ3) is 4.28. The summed E-state index contributed by atoms with van der Waals surface area (Å²) in [5, 5.41) is 5.34. The molecule has 0 aliphatic rings. The lowest BCUT2D eigenvalue weighted by Gasteiger charge is -2.09. The maximum atomic E-state index is 2.24. The summed E-state index contributed by atoms with van der Waals surface area (Å²) in [7, 11) is 0. The molecule has 4 rings (SSSR count). The van der Waals surface area contributed by atoms with Gasteiger partial charge in [0.05, 0.1) is 0 Å². The Balaban J connectivity index is 0.000000528. The molecular weight excluding hydrogens is 300 g/mol. The summed E-state index contributed by atoms with van der Waals surface area (Å²) in [4.78, 5) is 0. The van der Waals surface area contributed by atoms with Crippen molar-refractivity contribution in [2.24, 2.45) is 0 Å². The summed E-state index contributed by atoms with van der Waals surface area (Å²) in [6.45, 7) is 8.00. The normalized spacial score (nSPS) is 9.76. The lowest BCUT2D eigenvalue weighted by atomic mass is 9.95. The molecule has 0 saturated carbocycles. The molecule has 0 spiro atoms. The molecule has 0 unspecified atom stereocenters. The fraction of sp³-hybridized carbons (Fsp3) is 0.200. The Morgan fingerprint density at radius 1 is 0.440 bits per heavy atom. The fourth-order valence-corrected chi connectivity index (χ4v) is 3.10. The molecule has 4 aromatic carbocycles. The molecule has 4 aromatic rings. The minimum Gasteiger partial charge on any atom is -0.0683 e. The van der Waals surface area contributed by atoms with Gasteiger partial charge in [0, 0.05) is 0 Å². The molecule has 25 heavy (non-hydrogen) atoms. The van der Waals surface area contributed by atoms with Gasteiger partial charge in [0.15, 0.2) is 0 Å². The van der Waals surface area contributed by atoms with Crippen LogP contribution >= 0.6 is 0 Å². The monoisotopic (exact) mass is 328 g/mol. The SMILES string of the molecule is CC.CC.c1ccc2c(Cc3cccc4ccccc34)cccc2c1. The van der Waals surface area contributed by atoms with Crippen LogP contribution in [0, 0.1) is 0 Å². The largest absolute Gasteiger partial charge is 0.0683 e. The van der Waals surface area contributed by atoms with Crippen LogP contribution in [0.15, 0.2) is 84.9 Å². The van der Waals surface area contributed by atoms with Crippen LogP contribution in [0.25, 0.3) is 21.5 Å². The third-order valence-electron chi connectivity index (χ3n) is 4.14. The minimum absolute atomic E-state index is 0.975. The first-order valence-electron chi connectivity index (χ1n) is 9.35. The molecular formula is C25H28. The molecule has 0 radical (unpaired) electrons. The van der Waals surface area contributed by atoms with E-state index in [1.165, 1.54) is 32.7 Å². The average molecular weight is 328 g/mol. The molecule has 0 aromatic heterocycles. The Labute approximate surface area is 152 Å². The molecule has 128 valence electrons. The molecule has 0 amide bonds. The first kappa shape index (κ1) is 18.7. The van der Waals surface area contributed by atoms with Crippen LogP contribution in [0.2, 0.25) is 0 Å². The second-order valence-electron chi connectivity index (χ2n) is 5.45. The van der Waals surface area contributed by atoms with Gasteiger partial charge in [-0.15, -0.1) is 0 Å². The zero-order valence-electron chi connectivity index (χ0n) is 15.8. The summed E-state index contributed by atoms with van der Waals surface area (Å²) in [6, 6.07) is 30.4. The lowest BCUT2D eigenvalue weighted by Crippen LogP contribution is -1.91. The van der Waals surface area contributed by atoms with Gasteiger partial charge in [0.2, 0.25) is 0 Å². The van der Waals surface area contributed by atoms with Gasteiger partial charge in [0.1, 0.15) is 0 Å². The highest BCUT2D eigenvalue weighted by atomic mass is 14.1. The maximum absolute atomic E-state index is 2.24. The van der Waals surface area contributed by atoms with E-state index in [2.05, 4.69) is 84.9 Å². The van der Waals surface area contributed by atoms with Crippen molar-refractivity contribution in [3.63, 3.8) is 0 Å². The molecule has 0 aliphatic carbocycles. The van der Waals surface area contributed by atoms with Crippen LogP contribution in [0.4, 0.5) is 0 Å². The van der Waals surface area contributed by atoms with Crippen molar-refractivity contribution < 1.29 is 0 Å². The third-order valence-corrected chi connectivity index (χ3v) is 4.14. The lowest BCUT2D eigenvalue weighted by molar-refractivity contribution is 1.24. The van der Waals surface area contributed by atoms with E-state index >= 15 is 0 Å². The fourth-order valence-electron chi connectivity index (χ4n) is 3.10. The van der Waals surface area contributed by atoms with E-state index in [4.69, 9.17) is 0 Å². The van der Waals surface area contributed by atoms with Crippen molar-refractivity contribution >= 4 is 21.5 Å². The molecule has 0 nitrogen and oxygen atoms in total. The van der Waals surface area contributed by atoms with E-state index in [0.29, 0.717) is 0 Å². The molecule has 0 atom stereocenters. The van der Waals surface area contributed by atoms with Crippen molar-refractivity contribution in [3.05, 3.63) is 96.1 Å². The van der Waals surface area contributed by atoms with Gasteiger partial charge >= 0.3 is 0 Å². The Morgan fingerprint density at radius 3 is 1.24 bits per heavy atom. The van der Waals surface area contributed by atoms with Crippen LogP contribution in [0.3, 0.4) is 0 Å². The Bertz CT molecular complexity index is 831. The Morgan fingerprint density at radius 2 is 0.800 bits per heavy atom. The summed E-state index contributed by atoms with van der Waals surface area (Å²) in [6.07, 6.45) is 0.975. The van der Waals surface area contributed by atoms with Crippen molar-refractivity contribution in [2.75, 3.05) is 0 Å². The first-order valence-corrected chi connectivity index (χ1v) is 9.35. The second kappa shape index (κ2) is 9.64. The van der Waals surface area contributed by atoms with E-state index in [0.717, 1.165) is 6.42 Å².